The van der Waals surface area contributed by atoms with Crippen LogP contribution in [0.3, 0.4) is 0 Å². The highest BCUT2D eigenvalue weighted by molar-refractivity contribution is 5.28. The minimum absolute atomic E-state index is 0.608. The molecule has 0 saturated carbocycles. The van der Waals surface area contributed by atoms with Gasteiger partial charge in [0, 0.05) is 6.54 Å². The van der Waals surface area contributed by atoms with Crippen LogP contribution < -0.4 is 5.73 Å². The summed E-state index contributed by atoms with van der Waals surface area (Å²) in [5, 5.41) is 0. The van der Waals surface area contributed by atoms with Gasteiger partial charge in [-0.3, -0.25) is 4.90 Å². The van der Waals surface area contributed by atoms with Crippen LogP contribution in [0.1, 0.15) is 32.9 Å². The van der Waals surface area contributed by atoms with Gasteiger partial charge in [0.2, 0.25) is 0 Å². The van der Waals surface area contributed by atoms with E-state index >= 15 is 0 Å². The Hall–Kier alpha value is -1.13. The molecule has 4 heteroatoms. The summed E-state index contributed by atoms with van der Waals surface area (Å²) in [6.07, 6.45) is 1.21. The van der Waals surface area contributed by atoms with Gasteiger partial charge in [0.1, 0.15) is 5.82 Å². The van der Waals surface area contributed by atoms with Gasteiger partial charge in [-0.15, -0.1) is 0 Å². The summed E-state index contributed by atoms with van der Waals surface area (Å²) in [7, 11) is 0. The molecule has 0 amide bonds. The normalized spacial score (nSPS) is 11.4. The van der Waals surface area contributed by atoms with Crippen LogP contribution in [0.4, 0.5) is 5.82 Å². The largest absolute Gasteiger partial charge is 0.384 e. The van der Waals surface area contributed by atoms with Crippen LogP contribution in [0.5, 0.6) is 0 Å². The molecule has 0 saturated heterocycles. The van der Waals surface area contributed by atoms with E-state index in [-0.39, 0.29) is 0 Å². The van der Waals surface area contributed by atoms with Crippen molar-refractivity contribution in [3.05, 3.63) is 23.9 Å². The van der Waals surface area contributed by atoms with E-state index in [9.17, 15) is 0 Å². The highest BCUT2D eigenvalue weighted by Gasteiger charge is 2.06. The average molecular weight is 264 g/mol. The number of nitrogens with zero attached hydrogens (tertiary/aromatic N) is 3. The number of hydrogen-bond acceptors (Lipinski definition) is 4. The molecule has 0 atom stereocenters. The van der Waals surface area contributed by atoms with Crippen LogP contribution in [-0.2, 0) is 6.54 Å². The lowest BCUT2D eigenvalue weighted by atomic mass is 10.3. The fourth-order valence-electron chi connectivity index (χ4n) is 2.22. The highest BCUT2D eigenvalue weighted by atomic mass is 15.1. The summed E-state index contributed by atoms with van der Waals surface area (Å²) in [5.74, 6) is 0.608. The van der Waals surface area contributed by atoms with Crippen molar-refractivity contribution < 1.29 is 0 Å². The van der Waals surface area contributed by atoms with Gasteiger partial charge in [0.25, 0.3) is 0 Å². The summed E-state index contributed by atoms with van der Waals surface area (Å²) < 4.78 is 0. The summed E-state index contributed by atoms with van der Waals surface area (Å²) in [5.41, 5.74) is 6.78. The Morgan fingerprint density at radius 2 is 1.63 bits per heavy atom. The van der Waals surface area contributed by atoms with Gasteiger partial charge in [-0.25, -0.2) is 4.98 Å². The number of aromatic nitrogens is 1. The number of anilines is 1. The molecule has 1 aromatic rings. The van der Waals surface area contributed by atoms with Gasteiger partial charge in [0.15, 0.2) is 0 Å². The number of rotatable bonds is 9. The Morgan fingerprint density at radius 1 is 1.00 bits per heavy atom. The first-order chi connectivity index (χ1) is 9.19. The zero-order valence-corrected chi connectivity index (χ0v) is 12.6. The molecule has 108 valence electrons. The lowest BCUT2D eigenvalue weighted by Crippen LogP contribution is -2.30. The van der Waals surface area contributed by atoms with Gasteiger partial charge in [-0.05, 0) is 51.3 Å². The molecule has 0 unspecified atom stereocenters. The SMILES string of the molecule is CCN(CC)CCCN(CC)Cc1cccc(N)n1. The quantitative estimate of drug-likeness (QED) is 0.743. The van der Waals surface area contributed by atoms with Gasteiger partial charge >= 0.3 is 0 Å². The van der Waals surface area contributed by atoms with Crippen LogP contribution in [-0.4, -0.2) is 47.5 Å². The highest BCUT2D eigenvalue weighted by Crippen LogP contribution is 2.05. The summed E-state index contributed by atoms with van der Waals surface area (Å²) in [4.78, 5) is 9.25. The molecule has 0 spiro atoms. The molecule has 1 heterocycles. The summed E-state index contributed by atoms with van der Waals surface area (Å²) in [6.45, 7) is 13.1. The van der Waals surface area contributed by atoms with E-state index in [1.807, 2.05) is 18.2 Å². The Labute approximate surface area is 117 Å². The molecule has 1 aromatic heterocycles. The third-order valence-corrected chi connectivity index (χ3v) is 3.50. The molecule has 0 aliphatic rings. The first kappa shape index (κ1) is 15.9. The maximum absolute atomic E-state index is 5.72. The third kappa shape index (κ3) is 6.03. The van der Waals surface area contributed by atoms with Crippen LogP contribution in [0, 0.1) is 0 Å². The van der Waals surface area contributed by atoms with E-state index in [0.29, 0.717) is 5.82 Å². The van der Waals surface area contributed by atoms with E-state index in [4.69, 9.17) is 5.73 Å². The van der Waals surface area contributed by atoms with Gasteiger partial charge in [-0.1, -0.05) is 26.8 Å². The van der Waals surface area contributed by atoms with Crippen LogP contribution in [0.2, 0.25) is 0 Å². The standard InChI is InChI=1S/C15H28N4/c1-4-18(5-2)11-8-12-19(6-3)13-14-9-7-10-15(16)17-14/h7,9-10H,4-6,8,11-13H2,1-3H3,(H2,16,17). The minimum Gasteiger partial charge on any atom is -0.384 e. The Morgan fingerprint density at radius 3 is 2.21 bits per heavy atom. The average Bonchev–Trinajstić information content (AvgIpc) is 2.42. The van der Waals surface area contributed by atoms with Crippen LogP contribution in [0.15, 0.2) is 18.2 Å². The van der Waals surface area contributed by atoms with Crippen molar-refractivity contribution in [1.29, 1.82) is 0 Å². The lowest BCUT2D eigenvalue weighted by molar-refractivity contribution is 0.237. The smallest absolute Gasteiger partial charge is 0.123 e. The summed E-state index contributed by atoms with van der Waals surface area (Å²) >= 11 is 0. The van der Waals surface area contributed by atoms with E-state index in [1.165, 1.54) is 13.0 Å². The molecule has 0 aromatic carbocycles. The minimum atomic E-state index is 0.608. The molecule has 0 radical (unpaired) electrons. The topological polar surface area (TPSA) is 45.4 Å². The van der Waals surface area contributed by atoms with Crippen LogP contribution in [0.25, 0.3) is 0 Å². The zero-order chi connectivity index (χ0) is 14.1. The molecule has 2 N–H and O–H groups in total. The van der Waals surface area contributed by atoms with Crippen molar-refractivity contribution in [1.82, 2.24) is 14.8 Å². The molecule has 0 fully saturated rings. The van der Waals surface area contributed by atoms with Gasteiger partial charge in [0.05, 0.1) is 5.69 Å². The lowest BCUT2D eigenvalue weighted by Gasteiger charge is -2.23. The van der Waals surface area contributed by atoms with Gasteiger partial charge in [-0.2, -0.15) is 0 Å². The van der Waals surface area contributed by atoms with E-state index in [0.717, 1.165) is 38.4 Å². The Kier molecular flexibility index (Phi) is 7.45. The first-order valence-electron chi connectivity index (χ1n) is 7.35. The fourth-order valence-corrected chi connectivity index (χ4v) is 2.22. The molecular formula is C15H28N4. The maximum atomic E-state index is 5.72. The van der Waals surface area contributed by atoms with Crippen LogP contribution >= 0.6 is 0 Å². The Bertz CT molecular complexity index is 350. The second-order valence-corrected chi connectivity index (χ2v) is 4.80. The molecule has 0 aliphatic carbocycles. The number of hydrogen-bond donors (Lipinski definition) is 1. The van der Waals surface area contributed by atoms with E-state index in [1.54, 1.807) is 0 Å². The number of pyridine rings is 1. The molecule has 0 bridgehead atoms. The zero-order valence-electron chi connectivity index (χ0n) is 12.6. The second kappa shape index (κ2) is 8.88. The molecule has 19 heavy (non-hydrogen) atoms. The van der Waals surface area contributed by atoms with Crippen molar-refractivity contribution in [2.45, 2.75) is 33.7 Å². The van der Waals surface area contributed by atoms with Crippen molar-refractivity contribution in [3.8, 4) is 0 Å². The number of nitrogen functional groups attached to an aromatic ring is 1. The molecular weight excluding hydrogens is 236 g/mol. The predicted molar refractivity (Wildman–Crippen MR) is 82.0 cm³/mol. The number of nitrogens with two attached hydrogens (primary N) is 1. The first-order valence-corrected chi connectivity index (χ1v) is 7.35. The maximum Gasteiger partial charge on any atom is 0.123 e. The molecule has 0 aliphatic heterocycles. The van der Waals surface area contributed by atoms with Gasteiger partial charge < -0.3 is 10.6 Å². The Balaban J connectivity index is 2.37. The third-order valence-electron chi connectivity index (χ3n) is 3.50. The van der Waals surface area contributed by atoms with Crippen molar-refractivity contribution >= 4 is 5.82 Å². The van der Waals surface area contributed by atoms with E-state index in [2.05, 4.69) is 35.6 Å². The fraction of sp³-hybridized carbons (Fsp3) is 0.667. The van der Waals surface area contributed by atoms with Crippen molar-refractivity contribution in [2.75, 3.05) is 38.5 Å². The monoisotopic (exact) mass is 264 g/mol. The predicted octanol–water partition coefficient (Wildman–Crippen LogP) is 2.22. The molecule has 1 rings (SSSR count). The second-order valence-electron chi connectivity index (χ2n) is 4.80. The van der Waals surface area contributed by atoms with Crippen molar-refractivity contribution in [3.63, 3.8) is 0 Å². The van der Waals surface area contributed by atoms with Crippen molar-refractivity contribution in [2.24, 2.45) is 0 Å². The van der Waals surface area contributed by atoms with E-state index < -0.39 is 0 Å². The molecule has 4 nitrogen and oxygen atoms in total. The summed E-state index contributed by atoms with van der Waals surface area (Å²) in [6, 6.07) is 5.85.